The van der Waals surface area contributed by atoms with E-state index in [0.29, 0.717) is 11.1 Å². The van der Waals surface area contributed by atoms with Crippen LogP contribution in [0.15, 0.2) is 130 Å². The summed E-state index contributed by atoms with van der Waals surface area (Å²) in [5, 5.41) is 23.4. The van der Waals surface area contributed by atoms with Gasteiger partial charge in [0.2, 0.25) is 0 Å². The van der Waals surface area contributed by atoms with E-state index in [2.05, 4.69) is 54.6 Å². The Morgan fingerprint density at radius 1 is 0.405 bits per heavy atom. The van der Waals surface area contributed by atoms with Gasteiger partial charge < -0.3 is 8.83 Å². The molecule has 42 heavy (non-hydrogen) atoms. The highest BCUT2D eigenvalue weighted by Gasteiger charge is 2.16. The van der Waals surface area contributed by atoms with Crippen molar-refractivity contribution >= 4 is 43.9 Å². The normalized spacial score (nSPS) is 11.3. The molecule has 0 fully saturated rings. The van der Waals surface area contributed by atoms with Crippen LogP contribution in [0.4, 0.5) is 0 Å². The van der Waals surface area contributed by atoms with E-state index in [1.54, 1.807) is 6.07 Å². The number of nitriles is 2. The summed E-state index contributed by atoms with van der Waals surface area (Å²) in [6, 6.07) is 44.7. The Morgan fingerprint density at radius 3 is 1.95 bits per heavy atom. The van der Waals surface area contributed by atoms with E-state index >= 15 is 0 Å². The second-order valence-corrected chi connectivity index (χ2v) is 10.4. The molecule has 8 aromatic rings. The molecule has 0 bridgehead atoms. The van der Waals surface area contributed by atoms with Gasteiger partial charge in [-0.1, -0.05) is 60.7 Å². The number of rotatable bonds is 3. The van der Waals surface area contributed by atoms with E-state index in [0.717, 1.165) is 77.3 Å². The fourth-order valence-corrected chi connectivity index (χ4v) is 5.93. The van der Waals surface area contributed by atoms with Crippen LogP contribution in [0.5, 0.6) is 0 Å². The molecule has 4 heteroatoms. The summed E-state index contributed by atoms with van der Waals surface area (Å²) in [4.78, 5) is 0. The molecule has 194 valence electrons. The maximum atomic E-state index is 9.99. The summed E-state index contributed by atoms with van der Waals surface area (Å²) < 4.78 is 12.2. The lowest BCUT2D eigenvalue weighted by Gasteiger charge is -2.14. The summed E-state index contributed by atoms with van der Waals surface area (Å²) in [5.74, 6) is 0. The third-order valence-electron chi connectivity index (χ3n) is 7.98. The quantitative estimate of drug-likeness (QED) is 0.225. The molecule has 0 aliphatic carbocycles. The zero-order chi connectivity index (χ0) is 28.2. The predicted octanol–water partition coefficient (Wildman–Crippen LogP) is 10.2. The first kappa shape index (κ1) is 23.8. The van der Waals surface area contributed by atoms with Crippen LogP contribution in [0.2, 0.25) is 0 Å². The molecule has 0 saturated heterocycles. The molecule has 6 aromatic carbocycles. The van der Waals surface area contributed by atoms with Gasteiger partial charge in [0.1, 0.15) is 22.3 Å². The Bertz CT molecular complexity index is 2450. The van der Waals surface area contributed by atoms with Crippen LogP contribution in [0, 0.1) is 22.7 Å². The Labute approximate surface area is 240 Å². The Balaban J connectivity index is 1.33. The van der Waals surface area contributed by atoms with Crippen molar-refractivity contribution in [3.05, 3.63) is 132 Å². The van der Waals surface area contributed by atoms with E-state index < -0.39 is 0 Å². The Hall–Kier alpha value is -6.10. The van der Waals surface area contributed by atoms with Crippen LogP contribution >= 0.6 is 0 Å². The van der Waals surface area contributed by atoms with Crippen LogP contribution in [-0.2, 0) is 0 Å². The van der Waals surface area contributed by atoms with Gasteiger partial charge in [0.05, 0.1) is 23.3 Å². The summed E-state index contributed by atoms with van der Waals surface area (Å²) >= 11 is 0. The molecule has 0 radical (unpaired) electrons. The van der Waals surface area contributed by atoms with E-state index in [-0.39, 0.29) is 0 Å². The minimum Gasteiger partial charge on any atom is -0.456 e. The summed E-state index contributed by atoms with van der Waals surface area (Å²) in [6.07, 6.45) is 0. The first-order valence-electron chi connectivity index (χ1n) is 13.6. The van der Waals surface area contributed by atoms with Crippen LogP contribution in [0.1, 0.15) is 11.1 Å². The number of nitrogens with zero attached hydrogens (tertiary/aromatic N) is 2. The number of hydrogen-bond donors (Lipinski definition) is 0. The van der Waals surface area contributed by atoms with Crippen LogP contribution < -0.4 is 0 Å². The molecule has 0 N–H and O–H groups in total. The van der Waals surface area contributed by atoms with Crippen molar-refractivity contribution in [2.45, 2.75) is 0 Å². The molecule has 0 atom stereocenters. The van der Waals surface area contributed by atoms with Crippen molar-refractivity contribution in [1.82, 2.24) is 0 Å². The molecule has 2 aromatic heterocycles. The lowest BCUT2D eigenvalue weighted by atomic mass is 9.88. The van der Waals surface area contributed by atoms with Gasteiger partial charge >= 0.3 is 0 Å². The molecule has 8 rings (SSSR count). The van der Waals surface area contributed by atoms with Crippen LogP contribution in [0.25, 0.3) is 77.3 Å². The third kappa shape index (κ3) is 3.68. The fourth-order valence-electron chi connectivity index (χ4n) is 5.93. The number of fused-ring (bicyclic) bond motifs is 6. The van der Waals surface area contributed by atoms with Crippen molar-refractivity contribution < 1.29 is 8.83 Å². The van der Waals surface area contributed by atoms with Crippen molar-refractivity contribution in [2.24, 2.45) is 0 Å². The van der Waals surface area contributed by atoms with Gasteiger partial charge in [-0.2, -0.15) is 10.5 Å². The number of hydrogen-bond acceptors (Lipinski definition) is 4. The van der Waals surface area contributed by atoms with Crippen LogP contribution in [0.3, 0.4) is 0 Å². The first-order valence-corrected chi connectivity index (χ1v) is 13.6. The second kappa shape index (κ2) is 9.24. The van der Waals surface area contributed by atoms with Gasteiger partial charge in [0.15, 0.2) is 0 Å². The monoisotopic (exact) mass is 536 g/mol. The van der Waals surface area contributed by atoms with E-state index in [1.807, 2.05) is 72.8 Å². The average molecular weight is 537 g/mol. The largest absolute Gasteiger partial charge is 0.456 e. The maximum absolute atomic E-state index is 9.99. The third-order valence-corrected chi connectivity index (χ3v) is 7.98. The lowest BCUT2D eigenvalue weighted by molar-refractivity contribution is 0.668. The highest BCUT2D eigenvalue weighted by molar-refractivity contribution is 6.08. The SMILES string of the molecule is N#Cc1ccc2oc3cc(-c4ccc(-c5ccc6oc7ccccc7c6c5)c(-c5ccccc5C#N)c4)ccc3c2c1. The smallest absolute Gasteiger partial charge is 0.136 e. The highest BCUT2D eigenvalue weighted by atomic mass is 16.3. The number of furan rings is 2. The first-order chi connectivity index (χ1) is 20.7. The molecule has 4 nitrogen and oxygen atoms in total. The molecule has 0 aliphatic rings. The molecule has 0 aliphatic heterocycles. The Morgan fingerprint density at radius 2 is 1.07 bits per heavy atom. The lowest BCUT2D eigenvalue weighted by Crippen LogP contribution is -1.90. The van der Waals surface area contributed by atoms with Gasteiger partial charge in [0.25, 0.3) is 0 Å². The number of benzene rings is 6. The highest BCUT2D eigenvalue weighted by Crippen LogP contribution is 2.40. The van der Waals surface area contributed by atoms with E-state index in [4.69, 9.17) is 8.83 Å². The molecule has 2 heterocycles. The average Bonchev–Trinajstić information content (AvgIpc) is 3.61. The van der Waals surface area contributed by atoms with E-state index in [1.165, 1.54) is 0 Å². The van der Waals surface area contributed by atoms with Gasteiger partial charge in [-0.25, -0.2) is 0 Å². The van der Waals surface area contributed by atoms with Gasteiger partial charge in [0, 0.05) is 27.1 Å². The predicted molar refractivity (Wildman–Crippen MR) is 167 cm³/mol. The second-order valence-electron chi connectivity index (χ2n) is 10.4. The van der Waals surface area contributed by atoms with Crippen LogP contribution in [-0.4, -0.2) is 0 Å². The summed E-state index contributed by atoms with van der Waals surface area (Å²) in [7, 11) is 0. The molecule has 0 unspecified atom stereocenters. The molecular formula is C38H20N2O2. The van der Waals surface area contributed by atoms with Gasteiger partial charge in [-0.3, -0.25) is 0 Å². The topological polar surface area (TPSA) is 73.9 Å². The molecular weight excluding hydrogens is 516 g/mol. The zero-order valence-electron chi connectivity index (χ0n) is 22.3. The van der Waals surface area contributed by atoms with Crippen molar-refractivity contribution in [2.75, 3.05) is 0 Å². The fraction of sp³-hybridized carbons (Fsp3) is 0. The molecule has 0 spiro atoms. The van der Waals surface area contributed by atoms with Crippen molar-refractivity contribution in [3.8, 4) is 45.5 Å². The minimum atomic E-state index is 0.604. The van der Waals surface area contributed by atoms with Gasteiger partial charge in [-0.15, -0.1) is 0 Å². The van der Waals surface area contributed by atoms with Crippen molar-refractivity contribution in [1.29, 1.82) is 10.5 Å². The molecule has 0 amide bonds. The molecule has 0 saturated carbocycles. The summed E-state index contributed by atoms with van der Waals surface area (Å²) in [5.41, 5.74) is 10.4. The minimum absolute atomic E-state index is 0.604. The maximum Gasteiger partial charge on any atom is 0.136 e. The van der Waals surface area contributed by atoms with Crippen molar-refractivity contribution in [3.63, 3.8) is 0 Å². The number of para-hydroxylation sites is 1. The van der Waals surface area contributed by atoms with Gasteiger partial charge in [-0.05, 0) is 88.5 Å². The zero-order valence-corrected chi connectivity index (χ0v) is 22.3. The van der Waals surface area contributed by atoms with E-state index in [9.17, 15) is 10.5 Å². The standard InChI is InChI=1S/C38H20N2O2/c39-21-23-9-15-36-33(17-23)31-14-11-25(20-38(31)42-36)24-10-13-29(32(18-24)28-6-2-1-5-27(28)22-40)26-12-16-37-34(19-26)30-7-3-4-8-35(30)41-37/h1-20H. The Kier molecular flexibility index (Phi) is 5.22. The summed E-state index contributed by atoms with van der Waals surface area (Å²) in [6.45, 7) is 0.